The van der Waals surface area contributed by atoms with Gasteiger partial charge in [-0.05, 0) is 36.2 Å². The Morgan fingerprint density at radius 2 is 2.12 bits per heavy atom. The van der Waals surface area contributed by atoms with Crippen LogP contribution in [-0.4, -0.2) is 28.9 Å². The highest BCUT2D eigenvalue weighted by Crippen LogP contribution is 2.13. The minimum absolute atomic E-state index is 0.0570. The van der Waals surface area contributed by atoms with Gasteiger partial charge in [0.05, 0.1) is 12.8 Å². The van der Waals surface area contributed by atoms with Crippen molar-refractivity contribution in [1.29, 1.82) is 0 Å². The number of fused-ring (bicyclic) bond motifs is 1. The summed E-state index contributed by atoms with van der Waals surface area (Å²) in [5.41, 5.74) is 3.01. The van der Waals surface area contributed by atoms with Crippen LogP contribution in [0.15, 0.2) is 54.9 Å². The number of methoxy groups -OCH3 is 1. The number of carbonyl (C=O) groups is 1. The van der Waals surface area contributed by atoms with E-state index >= 15 is 0 Å². The van der Waals surface area contributed by atoms with Gasteiger partial charge in [-0.15, -0.1) is 0 Å². The molecular weight excluding hydrogens is 302 g/mol. The molecule has 5 heteroatoms. The largest absolute Gasteiger partial charge is 0.497 e. The number of hydrogen-bond acceptors (Lipinski definition) is 3. The molecule has 1 N–H and O–H groups in total. The van der Waals surface area contributed by atoms with Crippen LogP contribution in [-0.2, 0) is 17.6 Å². The maximum atomic E-state index is 12.0. The monoisotopic (exact) mass is 323 g/mol. The zero-order valence-electron chi connectivity index (χ0n) is 13.7. The summed E-state index contributed by atoms with van der Waals surface area (Å²) >= 11 is 0. The van der Waals surface area contributed by atoms with Crippen molar-refractivity contribution in [3.05, 3.63) is 66.1 Å². The zero-order valence-corrected chi connectivity index (χ0v) is 13.7. The van der Waals surface area contributed by atoms with E-state index in [1.165, 1.54) is 0 Å². The van der Waals surface area contributed by atoms with Gasteiger partial charge in [0.2, 0.25) is 5.91 Å². The van der Waals surface area contributed by atoms with Crippen molar-refractivity contribution in [1.82, 2.24) is 14.7 Å². The van der Waals surface area contributed by atoms with Crippen molar-refractivity contribution in [2.75, 3.05) is 13.7 Å². The summed E-state index contributed by atoms with van der Waals surface area (Å²) in [6.45, 7) is 0.598. The molecule has 3 aromatic rings. The Hall–Kier alpha value is -2.82. The van der Waals surface area contributed by atoms with Crippen LogP contribution in [0.4, 0.5) is 0 Å². The van der Waals surface area contributed by atoms with Crippen LogP contribution in [0.2, 0.25) is 0 Å². The average Bonchev–Trinajstić information content (AvgIpc) is 3.03. The quantitative estimate of drug-likeness (QED) is 0.727. The number of aromatic nitrogens is 2. The number of nitrogens with zero attached hydrogens (tertiary/aromatic N) is 2. The van der Waals surface area contributed by atoms with E-state index in [-0.39, 0.29) is 5.91 Å². The summed E-state index contributed by atoms with van der Waals surface area (Å²) in [6, 6.07) is 13.7. The first-order valence-corrected chi connectivity index (χ1v) is 8.07. The molecule has 24 heavy (non-hydrogen) atoms. The van der Waals surface area contributed by atoms with Gasteiger partial charge in [0, 0.05) is 31.8 Å². The van der Waals surface area contributed by atoms with E-state index < -0.39 is 0 Å². The number of ether oxygens (including phenoxy) is 1. The van der Waals surface area contributed by atoms with Gasteiger partial charge in [-0.1, -0.05) is 18.2 Å². The fourth-order valence-corrected chi connectivity index (χ4v) is 2.61. The lowest BCUT2D eigenvalue weighted by Crippen LogP contribution is -2.25. The van der Waals surface area contributed by atoms with Gasteiger partial charge >= 0.3 is 0 Å². The highest BCUT2D eigenvalue weighted by molar-refractivity contribution is 5.76. The predicted molar refractivity (Wildman–Crippen MR) is 93.2 cm³/mol. The second-order valence-electron chi connectivity index (χ2n) is 5.65. The summed E-state index contributed by atoms with van der Waals surface area (Å²) in [5, 5.41) is 2.95. The molecule has 0 aliphatic rings. The topological polar surface area (TPSA) is 55.6 Å². The standard InChI is InChI=1S/C19H21N3O2/c1-24-17-6-4-5-15(13-17)8-9-19(23)20-11-10-16-14-22-12-3-2-7-18(22)21-16/h2-7,12-14H,8-11H2,1H3,(H,20,23). The fraction of sp³-hybridized carbons (Fsp3) is 0.263. The third kappa shape index (κ3) is 4.13. The Morgan fingerprint density at radius 1 is 1.21 bits per heavy atom. The van der Waals surface area contributed by atoms with E-state index in [0.717, 1.165) is 29.1 Å². The van der Waals surface area contributed by atoms with Crippen molar-refractivity contribution >= 4 is 11.6 Å². The van der Waals surface area contributed by atoms with Gasteiger partial charge in [0.25, 0.3) is 0 Å². The van der Waals surface area contributed by atoms with E-state index in [1.54, 1.807) is 7.11 Å². The Kier molecular flexibility index (Phi) is 5.11. The molecule has 0 unspecified atom stereocenters. The van der Waals surface area contributed by atoms with E-state index in [9.17, 15) is 4.79 Å². The summed E-state index contributed by atoms with van der Waals surface area (Å²) in [4.78, 5) is 16.5. The lowest BCUT2D eigenvalue weighted by molar-refractivity contribution is -0.121. The minimum atomic E-state index is 0.0570. The Labute approximate surface area is 141 Å². The highest BCUT2D eigenvalue weighted by Gasteiger charge is 2.05. The maximum absolute atomic E-state index is 12.0. The number of carbonyl (C=O) groups excluding carboxylic acids is 1. The molecule has 0 spiro atoms. The SMILES string of the molecule is COc1cccc(CCC(=O)NCCc2cn3ccccc3n2)c1. The zero-order chi connectivity index (χ0) is 16.8. The molecule has 0 saturated heterocycles. The number of aryl methyl sites for hydroxylation is 1. The van der Waals surface area contributed by atoms with Crippen molar-refractivity contribution in [2.24, 2.45) is 0 Å². The highest BCUT2D eigenvalue weighted by atomic mass is 16.5. The number of imidazole rings is 1. The summed E-state index contributed by atoms with van der Waals surface area (Å²) in [5.74, 6) is 0.876. The third-order valence-corrected chi connectivity index (χ3v) is 3.89. The molecule has 0 atom stereocenters. The smallest absolute Gasteiger partial charge is 0.220 e. The lowest BCUT2D eigenvalue weighted by Gasteiger charge is -2.06. The Morgan fingerprint density at radius 3 is 2.96 bits per heavy atom. The van der Waals surface area contributed by atoms with E-state index in [2.05, 4.69) is 10.3 Å². The molecule has 5 nitrogen and oxygen atoms in total. The minimum Gasteiger partial charge on any atom is -0.497 e. The second-order valence-corrected chi connectivity index (χ2v) is 5.65. The molecule has 0 radical (unpaired) electrons. The summed E-state index contributed by atoms with van der Waals surface area (Å²) in [6.07, 6.45) is 5.87. The molecule has 0 aliphatic carbocycles. The van der Waals surface area contributed by atoms with Crippen LogP contribution in [0.25, 0.3) is 5.65 Å². The van der Waals surface area contributed by atoms with Crippen LogP contribution >= 0.6 is 0 Å². The lowest BCUT2D eigenvalue weighted by atomic mass is 10.1. The molecule has 3 rings (SSSR count). The van der Waals surface area contributed by atoms with Crippen molar-refractivity contribution in [3.8, 4) is 5.75 Å². The first-order chi connectivity index (χ1) is 11.7. The number of hydrogen-bond donors (Lipinski definition) is 1. The molecule has 0 fully saturated rings. The van der Waals surface area contributed by atoms with Gasteiger partial charge in [-0.3, -0.25) is 4.79 Å². The number of nitrogens with one attached hydrogen (secondary N) is 1. The van der Waals surface area contributed by atoms with Gasteiger partial charge in [0.1, 0.15) is 11.4 Å². The summed E-state index contributed by atoms with van der Waals surface area (Å²) < 4.78 is 7.18. The van der Waals surface area contributed by atoms with Crippen LogP contribution in [0.1, 0.15) is 17.7 Å². The van der Waals surface area contributed by atoms with Crippen LogP contribution in [0, 0.1) is 0 Å². The third-order valence-electron chi connectivity index (χ3n) is 3.89. The number of amides is 1. The number of rotatable bonds is 7. The van der Waals surface area contributed by atoms with E-state index in [4.69, 9.17) is 4.74 Å². The Bertz CT molecular complexity index is 793. The van der Waals surface area contributed by atoms with Gasteiger partial charge < -0.3 is 14.5 Å². The first kappa shape index (κ1) is 16.1. The van der Waals surface area contributed by atoms with Crippen LogP contribution in [0.5, 0.6) is 5.75 Å². The van der Waals surface area contributed by atoms with E-state index in [1.807, 2.05) is 59.3 Å². The molecule has 2 aromatic heterocycles. The van der Waals surface area contributed by atoms with E-state index in [0.29, 0.717) is 19.4 Å². The van der Waals surface area contributed by atoms with Gasteiger partial charge in [-0.25, -0.2) is 4.98 Å². The molecular formula is C19H21N3O2. The molecule has 0 aliphatic heterocycles. The molecule has 2 heterocycles. The first-order valence-electron chi connectivity index (χ1n) is 8.07. The van der Waals surface area contributed by atoms with Crippen molar-refractivity contribution in [3.63, 3.8) is 0 Å². The van der Waals surface area contributed by atoms with Gasteiger partial charge in [-0.2, -0.15) is 0 Å². The predicted octanol–water partition coefficient (Wildman–Crippen LogP) is 2.63. The van der Waals surface area contributed by atoms with Crippen LogP contribution < -0.4 is 10.1 Å². The second kappa shape index (κ2) is 7.64. The Balaban J connectivity index is 1.43. The molecule has 1 aromatic carbocycles. The molecule has 1 amide bonds. The molecule has 0 saturated carbocycles. The van der Waals surface area contributed by atoms with Crippen LogP contribution in [0.3, 0.4) is 0 Å². The van der Waals surface area contributed by atoms with Gasteiger partial charge in [0.15, 0.2) is 0 Å². The normalized spacial score (nSPS) is 10.7. The average molecular weight is 323 g/mol. The fourth-order valence-electron chi connectivity index (χ4n) is 2.61. The number of benzene rings is 1. The van der Waals surface area contributed by atoms with Crippen molar-refractivity contribution in [2.45, 2.75) is 19.3 Å². The maximum Gasteiger partial charge on any atom is 0.220 e. The molecule has 124 valence electrons. The summed E-state index contributed by atoms with van der Waals surface area (Å²) in [7, 11) is 1.64. The van der Waals surface area contributed by atoms with Crippen molar-refractivity contribution < 1.29 is 9.53 Å². The molecule has 0 bridgehead atoms. The number of pyridine rings is 1.